The Morgan fingerprint density at radius 3 is 2.62 bits per heavy atom. The van der Waals surface area contributed by atoms with Crippen LogP contribution >= 0.6 is 0 Å². The summed E-state index contributed by atoms with van der Waals surface area (Å²) in [4.78, 5) is 6.61. The molecule has 1 aromatic heterocycles. The summed E-state index contributed by atoms with van der Waals surface area (Å²) < 4.78 is 45.7. The Hall–Kier alpha value is -1.84. The summed E-state index contributed by atoms with van der Waals surface area (Å²) in [6.07, 6.45) is 3.15. The topological polar surface area (TPSA) is 88.3 Å². The van der Waals surface area contributed by atoms with Crippen molar-refractivity contribution >= 4 is 10.0 Å². The van der Waals surface area contributed by atoms with Crippen molar-refractivity contribution in [3.05, 3.63) is 41.8 Å². The van der Waals surface area contributed by atoms with E-state index >= 15 is 0 Å². The summed E-state index contributed by atoms with van der Waals surface area (Å²) in [7, 11) is -3.63. The molecule has 0 atom stereocenters. The van der Waals surface area contributed by atoms with Crippen LogP contribution < -0.4 is 4.72 Å². The third-order valence-corrected chi connectivity index (χ3v) is 5.91. The van der Waals surface area contributed by atoms with Gasteiger partial charge in [0.15, 0.2) is 5.82 Å². The van der Waals surface area contributed by atoms with Crippen LogP contribution in [-0.4, -0.2) is 42.6 Å². The predicted octanol–water partition coefficient (Wildman–Crippen LogP) is 2.10. The van der Waals surface area contributed by atoms with Crippen molar-refractivity contribution in [2.24, 2.45) is 0 Å². The van der Waals surface area contributed by atoms with E-state index in [9.17, 15) is 12.8 Å². The van der Waals surface area contributed by atoms with Crippen molar-refractivity contribution in [1.82, 2.24) is 19.8 Å². The Labute approximate surface area is 152 Å². The number of sulfonamides is 1. The zero-order valence-corrected chi connectivity index (χ0v) is 15.5. The Bertz CT molecular complexity index is 815. The number of likely N-dealkylation sites (tertiary alicyclic amines) is 1. The van der Waals surface area contributed by atoms with Crippen molar-refractivity contribution in [3.63, 3.8) is 0 Å². The first-order chi connectivity index (χ1) is 12.5. The van der Waals surface area contributed by atoms with Crippen molar-refractivity contribution in [3.8, 4) is 0 Å². The smallest absolute Gasteiger partial charge is 0.240 e. The molecule has 1 N–H and O–H groups in total. The third-order valence-electron chi connectivity index (χ3n) is 4.38. The van der Waals surface area contributed by atoms with E-state index in [2.05, 4.69) is 26.7 Å². The van der Waals surface area contributed by atoms with Crippen LogP contribution in [0, 0.1) is 5.82 Å². The monoisotopic (exact) mass is 382 g/mol. The minimum atomic E-state index is -3.63. The number of nitrogens with one attached hydrogen (secondary N) is 1. The zero-order chi connectivity index (χ0) is 18.6. The Kier molecular flexibility index (Phi) is 6.00. The lowest BCUT2D eigenvalue weighted by Gasteiger charge is -2.31. The zero-order valence-electron chi connectivity index (χ0n) is 14.7. The first-order valence-electron chi connectivity index (χ1n) is 8.78. The SMILES string of the molecule is CCCc1noc(CN2CCC(NS(=O)(=O)c3ccc(F)cc3)CC2)n1. The number of aromatic nitrogens is 2. The van der Waals surface area contributed by atoms with Crippen molar-refractivity contribution in [1.29, 1.82) is 0 Å². The van der Waals surface area contributed by atoms with Crippen molar-refractivity contribution in [2.45, 2.75) is 50.1 Å². The number of aryl methyl sites for hydroxylation is 1. The first kappa shape index (κ1) is 18.9. The van der Waals surface area contributed by atoms with Crippen LogP contribution in [-0.2, 0) is 23.0 Å². The maximum atomic E-state index is 13.0. The number of benzene rings is 1. The van der Waals surface area contributed by atoms with E-state index in [1.54, 1.807) is 0 Å². The van der Waals surface area contributed by atoms with Gasteiger partial charge in [0.05, 0.1) is 11.4 Å². The number of halogens is 1. The van der Waals surface area contributed by atoms with Crippen LogP contribution in [0.2, 0.25) is 0 Å². The van der Waals surface area contributed by atoms with Crippen LogP contribution in [0.4, 0.5) is 4.39 Å². The van der Waals surface area contributed by atoms with Crippen LogP contribution in [0.3, 0.4) is 0 Å². The summed E-state index contributed by atoms with van der Waals surface area (Å²) in [5.41, 5.74) is 0. The first-order valence-corrected chi connectivity index (χ1v) is 10.3. The second-order valence-electron chi connectivity index (χ2n) is 6.48. The van der Waals surface area contributed by atoms with E-state index in [4.69, 9.17) is 4.52 Å². The molecule has 0 amide bonds. The van der Waals surface area contributed by atoms with Gasteiger partial charge >= 0.3 is 0 Å². The molecule has 0 saturated carbocycles. The van der Waals surface area contributed by atoms with E-state index in [0.29, 0.717) is 25.3 Å². The van der Waals surface area contributed by atoms with Gasteiger partial charge in [-0.15, -0.1) is 0 Å². The molecule has 0 bridgehead atoms. The highest BCUT2D eigenvalue weighted by atomic mass is 32.2. The highest BCUT2D eigenvalue weighted by Gasteiger charge is 2.25. The second-order valence-corrected chi connectivity index (χ2v) is 8.19. The molecule has 0 unspecified atom stereocenters. The molecular weight excluding hydrogens is 359 g/mol. The highest BCUT2D eigenvalue weighted by Crippen LogP contribution is 2.17. The minimum Gasteiger partial charge on any atom is -0.338 e. The standard InChI is InChI=1S/C17H23FN4O3S/c1-2-3-16-19-17(25-20-16)12-22-10-8-14(9-11-22)21-26(23,24)15-6-4-13(18)5-7-15/h4-7,14,21H,2-3,8-12H2,1H3. The van der Waals surface area contributed by atoms with Gasteiger partial charge in [0.25, 0.3) is 0 Å². The van der Waals surface area contributed by atoms with Gasteiger partial charge in [-0.2, -0.15) is 4.98 Å². The van der Waals surface area contributed by atoms with Crippen molar-refractivity contribution < 1.29 is 17.3 Å². The van der Waals surface area contributed by atoms with E-state index in [1.165, 1.54) is 12.1 Å². The average Bonchev–Trinajstić information content (AvgIpc) is 3.04. The lowest BCUT2D eigenvalue weighted by atomic mass is 10.1. The van der Waals surface area contributed by atoms with E-state index in [1.807, 2.05) is 0 Å². The maximum Gasteiger partial charge on any atom is 0.240 e. The molecule has 9 heteroatoms. The Balaban J connectivity index is 1.50. The average molecular weight is 382 g/mol. The quantitative estimate of drug-likeness (QED) is 0.789. The molecule has 1 aliphatic heterocycles. The summed E-state index contributed by atoms with van der Waals surface area (Å²) >= 11 is 0. The van der Waals surface area contributed by atoms with Gasteiger partial charge in [0.1, 0.15) is 5.82 Å². The van der Waals surface area contributed by atoms with Gasteiger partial charge in [-0.3, -0.25) is 4.90 Å². The predicted molar refractivity (Wildman–Crippen MR) is 93.3 cm³/mol. The number of nitrogens with zero attached hydrogens (tertiary/aromatic N) is 3. The fraction of sp³-hybridized carbons (Fsp3) is 0.529. The van der Waals surface area contributed by atoms with Gasteiger partial charge in [-0.05, 0) is 43.5 Å². The minimum absolute atomic E-state index is 0.0793. The summed E-state index contributed by atoms with van der Waals surface area (Å²) in [5.74, 6) is 0.864. The van der Waals surface area contributed by atoms with Crippen molar-refractivity contribution in [2.75, 3.05) is 13.1 Å². The molecule has 26 heavy (non-hydrogen) atoms. The molecule has 1 aromatic carbocycles. The molecule has 0 aliphatic carbocycles. The molecule has 1 saturated heterocycles. The normalized spacial score (nSPS) is 16.8. The second kappa shape index (κ2) is 8.24. The number of piperidine rings is 1. The molecule has 7 nitrogen and oxygen atoms in total. The van der Waals surface area contributed by atoms with E-state index in [-0.39, 0.29) is 10.9 Å². The summed E-state index contributed by atoms with van der Waals surface area (Å²) in [6.45, 7) is 4.12. The number of hydrogen-bond acceptors (Lipinski definition) is 6. The molecule has 2 heterocycles. The van der Waals surface area contributed by atoms with Crippen LogP contribution in [0.1, 0.15) is 37.9 Å². The summed E-state index contributed by atoms with van der Waals surface area (Å²) in [6, 6.07) is 4.70. The fourth-order valence-electron chi connectivity index (χ4n) is 2.98. The van der Waals surface area contributed by atoms with Gasteiger partial charge < -0.3 is 4.52 Å². The molecule has 2 aromatic rings. The largest absolute Gasteiger partial charge is 0.338 e. The van der Waals surface area contributed by atoms with Gasteiger partial charge in [-0.1, -0.05) is 12.1 Å². The molecule has 0 spiro atoms. The summed E-state index contributed by atoms with van der Waals surface area (Å²) in [5, 5.41) is 3.94. The van der Waals surface area contributed by atoms with Gasteiger partial charge in [-0.25, -0.2) is 17.5 Å². The van der Waals surface area contributed by atoms with Crippen LogP contribution in [0.15, 0.2) is 33.7 Å². The molecular formula is C17H23FN4O3S. The Morgan fingerprint density at radius 1 is 1.27 bits per heavy atom. The third kappa shape index (κ3) is 4.87. The van der Waals surface area contributed by atoms with Crippen LogP contribution in [0.25, 0.3) is 0 Å². The lowest BCUT2D eigenvalue weighted by Crippen LogP contribution is -2.44. The molecule has 1 fully saturated rings. The van der Waals surface area contributed by atoms with Crippen LogP contribution in [0.5, 0.6) is 0 Å². The molecule has 142 valence electrons. The van der Waals surface area contributed by atoms with E-state index < -0.39 is 15.8 Å². The molecule has 1 aliphatic rings. The highest BCUT2D eigenvalue weighted by molar-refractivity contribution is 7.89. The number of rotatable bonds is 7. The fourth-order valence-corrected chi connectivity index (χ4v) is 4.29. The molecule has 3 rings (SSSR count). The maximum absolute atomic E-state index is 13.0. The van der Waals surface area contributed by atoms with E-state index in [0.717, 1.165) is 43.9 Å². The number of hydrogen-bond donors (Lipinski definition) is 1. The van der Waals surface area contributed by atoms with Gasteiger partial charge in [0.2, 0.25) is 15.9 Å². The Morgan fingerprint density at radius 2 is 1.96 bits per heavy atom. The van der Waals surface area contributed by atoms with Gasteiger partial charge in [0, 0.05) is 25.6 Å². The molecule has 0 radical (unpaired) electrons. The lowest BCUT2D eigenvalue weighted by molar-refractivity contribution is 0.177.